The maximum absolute atomic E-state index is 11.3. The van der Waals surface area contributed by atoms with Crippen molar-refractivity contribution in [2.24, 2.45) is 5.92 Å². The van der Waals surface area contributed by atoms with E-state index in [1.807, 2.05) is 30.3 Å². The van der Waals surface area contributed by atoms with Crippen LogP contribution in [0.3, 0.4) is 0 Å². The van der Waals surface area contributed by atoms with Gasteiger partial charge in [0.15, 0.2) is 5.69 Å². The lowest BCUT2D eigenvalue weighted by Gasteiger charge is -2.11. The molecule has 104 valence electrons. The summed E-state index contributed by atoms with van der Waals surface area (Å²) in [6.45, 7) is 0.754. The molecule has 0 amide bonds. The third-order valence-electron chi connectivity index (χ3n) is 3.89. The Morgan fingerprint density at radius 3 is 2.60 bits per heavy atom. The smallest absolute Gasteiger partial charge is 0.358 e. The zero-order chi connectivity index (χ0) is 13.9. The molecule has 0 spiro atoms. The van der Waals surface area contributed by atoms with Crippen molar-refractivity contribution in [3.05, 3.63) is 36.0 Å². The normalized spacial score (nSPS) is 15.6. The Kier molecular flexibility index (Phi) is 3.50. The standard InChI is InChI=1S/C15H17N3O2/c19-15(20)13-14(12-8-2-1-3-9-12)18(17-16-13)10-11-6-4-5-7-11/h1-3,8-9,11H,4-7,10H2,(H,19,20). The van der Waals surface area contributed by atoms with Gasteiger partial charge in [-0.05, 0) is 18.8 Å². The van der Waals surface area contributed by atoms with Gasteiger partial charge in [0.2, 0.25) is 0 Å². The minimum absolute atomic E-state index is 0.0363. The SMILES string of the molecule is O=C(O)c1nnn(CC2CCCC2)c1-c1ccccc1. The molecule has 1 aliphatic carbocycles. The third kappa shape index (κ3) is 2.43. The summed E-state index contributed by atoms with van der Waals surface area (Å²) >= 11 is 0. The first-order valence-corrected chi connectivity index (χ1v) is 6.98. The minimum Gasteiger partial charge on any atom is -0.476 e. The zero-order valence-corrected chi connectivity index (χ0v) is 11.2. The van der Waals surface area contributed by atoms with Crippen LogP contribution in [0.5, 0.6) is 0 Å². The lowest BCUT2D eigenvalue weighted by molar-refractivity contribution is 0.0691. The molecule has 1 aromatic heterocycles. The summed E-state index contributed by atoms with van der Waals surface area (Å²) in [4.78, 5) is 11.3. The van der Waals surface area contributed by atoms with Crippen LogP contribution in [0.25, 0.3) is 11.3 Å². The molecule has 0 atom stereocenters. The van der Waals surface area contributed by atoms with E-state index in [1.165, 1.54) is 25.7 Å². The van der Waals surface area contributed by atoms with Gasteiger partial charge in [-0.3, -0.25) is 0 Å². The number of carboxylic acid groups (broad SMARTS) is 1. The molecule has 1 saturated carbocycles. The molecule has 2 aromatic rings. The Morgan fingerprint density at radius 1 is 1.25 bits per heavy atom. The lowest BCUT2D eigenvalue weighted by Crippen LogP contribution is -2.11. The van der Waals surface area contributed by atoms with Gasteiger partial charge < -0.3 is 5.11 Å². The predicted octanol–water partition coefficient (Wildman–Crippen LogP) is 2.83. The van der Waals surface area contributed by atoms with Crippen LogP contribution in [-0.2, 0) is 6.54 Å². The molecule has 1 N–H and O–H groups in total. The second-order valence-electron chi connectivity index (χ2n) is 5.29. The molecule has 5 heteroatoms. The van der Waals surface area contributed by atoms with Crippen molar-refractivity contribution in [2.75, 3.05) is 0 Å². The van der Waals surface area contributed by atoms with Crippen molar-refractivity contribution in [3.8, 4) is 11.3 Å². The summed E-state index contributed by atoms with van der Waals surface area (Å²) in [6.07, 6.45) is 4.89. The van der Waals surface area contributed by atoms with E-state index >= 15 is 0 Å². The summed E-state index contributed by atoms with van der Waals surface area (Å²) in [5.74, 6) is -0.442. The zero-order valence-electron chi connectivity index (χ0n) is 11.2. The molecule has 0 saturated heterocycles. The van der Waals surface area contributed by atoms with Gasteiger partial charge in [0, 0.05) is 12.1 Å². The van der Waals surface area contributed by atoms with Crippen LogP contribution >= 0.6 is 0 Å². The van der Waals surface area contributed by atoms with E-state index in [-0.39, 0.29) is 5.69 Å². The molecular weight excluding hydrogens is 254 g/mol. The highest BCUT2D eigenvalue weighted by atomic mass is 16.4. The molecule has 0 unspecified atom stereocenters. The molecular formula is C15H17N3O2. The van der Waals surface area contributed by atoms with Crippen LogP contribution in [0.15, 0.2) is 30.3 Å². The molecule has 20 heavy (non-hydrogen) atoms. The molecule has 0 aliphatic heterocycles. The molecule has 5 nitrogen and oxygen atoms in total. The van der Waals surface area contributed by atoms with E-state index in [0.717, 1.165) is 12.1 Å². The largest absolute Gasteiger partial charge is 0.476 e. The summed E-state index contributed by atoms with van der Waals surface area (Å²) < 4.78 is 1.76. The Labute approximate surface area is 117 Å². The van der Waals surface area contributed by atoms with Gasteiger partial charge in [0.05, 0.1) is 0 Å². The molecule has 1 fully saturated rings. The van der Waals surface area contributed by atoms with E-state index in [2.05, 4.69) is 10.3 Å². The van der Waals surface area contributed by atoms with Gasteiger partial charge in [-0.2, -0.15) is 0 Å². The van der Waals surface area contributed by atoms with Crippen molar-refractivity contribution in [3.63, 3.8) is 0 Å². The van der Waals surface area contributed by atoms with Crippen LogP contribution in [0.4, 0.5) is 0 Å². The molecule has 0 radical (unpaired) electrons. The van der Waals surface area contributed by atoms with Crippen molar-refractivity contribution < 1.29 is 9.90 Å². The number of nitrogens with zero attached hydrogens (tertiary/aromatic N) is 3. The highest BCUT2D eigenvalue weighted by Gasteiger charge is 2.23. The number of rotatable bonds is 4. The monoisotopic (exact) mass is 271 g/mol. The summed E-state index contributed by atoms with van der Waals surface area (Å²) in [7, 11) is 0. The summed E-state index contributed by atoms with van der Waals surface area (Å²) in [5, 5.41) is 17.2. The van der Waals surface area contributed by atoms with Crippen LogP contribution in [0, 0.1) is 5.92 Å². The van der Waals surface area contributed by atoms with E-state index in [9.17, 15) is 9.90 Å². The molecule has 1 heterocycles. The molecule has 1 aromatic carbocycles. The van der Waals surface area contributed by atoms with Crippen molar-refractivity contribution >= 4 is 5.97 Å². The Bertz CT molecular complexity index is 601. The Balaban J connectivity index is 1.99. The second kappa shape index (κ2) is 5.45. The fourth-order valence-electron chi connectivity index (χ4n) is 2.90. The number of hydrogen-bond acceptors (Lipinski definition) is 3. The number of benzene rings is 1. The first-order chi connectivity index (χ1) is 9.75. The maximum Gasteiger partial charge on any atom is 0.358 e. The van der Waals surface area contributed by atoms with Gasteiger partial charge >= 0.3 is 5.97 Å². The number of carboxylic acids is 1. The quantitative estimate of drug-likeness (QED) is 0.928. The topological polar surface area (TPSA) is 68.0 Å². The molecule has 3 rings (SSSR count). The van der Waals surface area contributed by atoms with Crippen molar-refractivity contribution in [1.82, 2.24) is 15.0 Å². The van der Waals surface area contributed by atoms with E-state index in [0.29, 0.717) is 11.6 Å². The minimum atomic E-state index is -1.03. The maximum atomic E-state index is 11.3. The molecule has 0 bridgehead atoms. The van der Waals surface area contributed by atoms with Crippen molar-refractivity contribution in [2.45, 2.75) is 32.2 Å². The first-order valence-electron chi connectivity index (χ1n) is 6.98. The second-order valence-corrected chi connectivity index (χ2v) is 5.29. The predicted molar refractivity (Wildman–Crippen MR) is 74.4 cm³/mol. The van der Waals surface area contributed by atoms with Crippen LogP contribution < -0.4 is 0 Å². The number of carbonyl (C=O) groups is 1. The van der Waals surface area contributed by atoms with Crippen LogP contribution in [-0.4, -0.2) is 26.1 Å². The van der Waals surface area contributed by atoms with E-state index in [1.54, 1.807) is 4.68 Å². The van der Waals surface area contributed by atoms with Gasteiger partial charge in [-0.25, -0.2) is 9.48 Å². The Hall–Kier alpha value is -2.17. The van der Waals surface area contributed by atoms with Crippen LogP contribution in [0.2, 0.25) is 0 Å². The molecule has 1 aliphatic rings. The van der Waals surface area contributed by atoms with E-state index < -0.39 is 5.97 Å². The highest BCUT2D eigenvalue weighted by molar-refractivity contribution is 5.92. The number of aromatic carboxylic acids is 1. The van der Waals surface area contributed by atoms with Gasteiger partial charge in [0.1, 0.15) is 5.69 Å². The average molecular weight is 271 g/mol. The number of aromatic nitrogens is 3. The summed E-state index contributed by atoms with van der Waals surface area (Å²) in [5.41, 5.74) is 1.51. The first kappa shape index (κ1) is 12.8. The van der Waals surface area contributed by atoms with Gasteiger partial charge in [0.25, 0.3) is 0 Å². The lowest BCUT2D eigenvalue weighted by atomic mass is 10.1. The third-order valence-corrected chi connectivity index (χ3v) is 3.89. The fraction of sp³-hybridized carbons (Fsp3) is 0.400. The van der Waals surface area contributed by atoms with Crippen LogP contribution in [0.1, 0.15) is 36.2 Å². The number of hydrogen-bond donors (Lipinski definition) is 1. The van der Waals surface area contributed by atoms with Gasteiger partial charge in [-0.15, -0.1) is 5.10 Å². The van der Waals surface area contributed by atoms with Crippen molar-refractivity contribution in [1.29, 1.82) is 0 Å². The highest BCUT2D eigenvalue weighted by Crippen LogP contribution is 2.29. The van der Waals surface area contributed by atoms with E-state index in [4.69, 9.17) is 0 Å². The summed E-state index contributed by atoms with van der Waals surface area (Å²) in [6, 6.07) is 9.50. The average Bonchev–Trinajstić information content (AvgIpc) is 3.09. The Morgan fingerprint density at radius 2 is 1.95 bits per heavy atom. The fourth-order valence-corrected chi connectivity index (χ4v) is 2.90. The van der Waals surface area contributed by atoms with Gasteiger partial charge in [-0.1, -0.05) is 48.4 Å².